The van der Waals surface area contributed by atoms with Crippen molar-refractivity contribution in [3.63, 3.8) is 0 Å². The van der Waals surface area contributed by atoms with E-state index in [-0.39, 0.29) is 44.8 Å². The fourth-order valence-electron chi connectivity index (χ4n) is 5.90. The average Bonchev–Trinajstić information content (AvgIpc) is 3.54. The van der Waals surface area contributed by atoms with E-state index in [0.29, 0.717) is 33.3 Å². The molecule has 4 aromatic carbocycles. The van der Waals surface area contributed by atoms with E-state index in [4.69, 9.17) is 18.5 Å². The Morgan fingerprint density at radius 1 is 0.855 bits per heavy atom. The van der Waals surface area contributed by atoms with Crippen LogP contribution in [0.25, 0.3) is 0 Å². The number of aromatic nitrogens is 3. The molecule has 55 heavy (non-hydrogen) atoms. The van der Waals surface area contributed by atoms with Crippen molar-refractivity contribution >= 4 is 7.75 Å². The topological polar surface area (TPSA) is 108 Å². The first kappa shape index (κ1) is 40.0. The molecule has 2 heterocycles. The van der Waals surface area contributed by atoms with Crippen molar-refractivity contribution in [2.24, 2.45) is 0 Å². The largest absolute Gasteiger partial charge is 0.460 e. The molecule has 0 amide bonds. The number of hydrogen-bond acceptors (Lipinski definition) is 8. The highest BCUT2D eigenvalue weighted by atomic mass is 31.2. The van der Waals surface area contributed by atoms with E-state index >= 15 is 0 Å². The van der Waals surface area contributed by atoms with E-state index in [0.717, 1.165) is 12.1 Å². The molecule has 6 rings (SSSR count). The molecule has 10 nitrogen and oxygen atoms in total. The predicted octanol–water partition coefficient (Wildman–Crippen LogP) is 8.82. The highest BCUT2D eigenvalue weighted by Gasteiger charge is 2.40. The van der Waals surface area contributed by atoms with Crippen molar-refractivity contribution in [1.82, 2.24) is 19.4 Å². The summed E-state index contributed by atoms with van der Waals surface area (Å²) in [7, 11) is -4.46. The van der Waals surface area contributed by atoms with Crippen molar-refractivity contribution in [2.45, 2.75) is 57.5 Å². The zero-order chi connectivity index (χ0) is 39.4. The summed E-state index contributed by atoms with van der Waals surface area (Å²) < 4.78 is 134. The lowest BCUT2D eigenvalue weighted by Crippen LogP contribution is -2.46. The SMILES string of the molecule is C[C@@H](OC1OCCN(Cc2nn(P(=O)(OCc3ccccc3)OCc3ccccc3)c(=O)[nH]2)[C@H]1c1ccc(F)cc1)c1cc(C(F)(F)F)cc(C(F)(F)F)c1. The number of benzene rings is 4. The van der Waals surface area contributed by atoms with E-state index in [1.807, 2.05) is 0 Å². The highest BCUT2D eigenvalue weighted by molar-refractivity contribution is 7.51. The summed E-state index contributed by atoms with van der Waals surface area (Å²) in [5.74, 6) is -0.586. The first-order valence-electron chi connectivity index (χ1n) is 16.8. The van der Waals surface area contributed by atoms with Gasteiger partial charge >= 0.3 is 25.8 Å². The smallest absolute Gasteiger partial charge is 0.349 e. The second-order valence-electron chi connectivity index (χ2n) is 12.6. The minimum atomic E-state index is -5.08. The Kier molecular flexibility index (Phi) is 12.1. The molecule has 0 radical (unpaired) electrons. The molecule has 1 aromatic heterocycles. The number of morpholine rings is 1. The normalized spacial score (nSPS) is 17.7. The standard InChI is InChI=1S/C37H34F7N4O6P/c1-24(28-18-29(36(39,40)41)20-30(19-28)37(42,43)44)54-34-33(27-12-14-31(38)15-13-27)47(16-17-51-34)21-32-45-35(49)48(46-32)55(50,52-22-25-8-4-2-5-9-25)53-23-26-10-6-3-7-11-26/h2-15,18-20,24,33-34H,16-17,21-23H2,1H3,(H,45,46,49)/t24-,33+,34?/m1/s1. The molecule has 0 spiro atoms. The van der Waals surface area contributed by atoms with Crippen molar-refractivity contribution in [1.29, 1.82) is 0 Å². The second-order valence-corrected chi connectivity index (χ2v) is 14.4. The van der Waals surface area contributed by atoms with Crippen LogP contribution in [0.15, 0.2) is 108 Å². The Morgan fingerprint density at radius 3 is 1.93 bits per heavy atom. The maximum Gasteiger partial charge on any atom is 0.460 e. The molecule has 5 aromatic rings. The van der Waals surface area contributed by atoms with Gasteiger partial charge in [0.2, 0.25) is 0 Å². The quantitative estimate of drug-likeness (QED) is 0.0932. The summed E-state index contributed by atoms with van der Waals surface area (Å²) >= 11 is 0. The summed E-state index contributed by atoms with van der Waals surface area (Å²) in [6, 6.07) is 22.9. The van der Waals surface area contributed by atoms with Gasteiger partial charge in [-0.2, -0.15) is 26.3 Å². The lowest BCUT2D eigenvalue weighted by Gasteiger charge is -2.41. The third-order valence-electron chi connectivity index (χ3n) is 8.65. The first-order chi connectivity index (χ1) is 26.1. The Morgan fingerprint density at radius 2 is 1.40 bits per heavy atom. The van der Waals surface area contributed by atoms with Gasteiger partial charge in [-0.05, 0) is 59.5 Å². The lowest BCUT2D eigenvalue weighted by molar-refractivity contribution is -0.231. The van der Waals surface area contributed by atoms with Gasteiger partial charge in [0.15, 0.2) is 6.29 Å². The van der Waals surface area contributed by atoms with Crippen molar-refractivity contribution < 1.29 is 53.8 Å². The molecule has 292 valence electrons. The number of halogens is 7. The molecule has 18 heteroatoms. The van der Waals surface area contributed by atoms with Crippen molar-refractivity contribution in [2.75, 3.05) is 13.2 Å². The Balaban J connectivity index is 1.29. The third-order valence-corrected chi connectivity index (χ3v) is 10.3. The molecule has 0 saturated carbocycles. The van der Waals surface area contributed by atoms with Crippen LogP contribution in [-0.4, -0.2) is 38.9 Å². The van der Waals surface area contributed by atoms with Crippen LogP contribution in [0, 0.1) is 5.82 Å². The second kappa shape index (κ2) is 16.6. The summed E-state index contributed by atoms with van der Waals surface area (Å²) in [5.41, 5.74) is -2.65. The molecule has 0 bridgehead atoms. The maximum atomic E-state index is 14.3. The highest BCUT2D eigenvalue weighted by Crippen LogP contribution is 2.49. The molecule has 1 saturated heterocycles. The summed E-state index contributed by atoms with van der Waals surface area (Å²) in [6.07, 6.45) is -12.8. The van der Waals surface area contributed by atoms with E-state index in [9.17, 15) is 40.1 Å². The molecule has 1 fully saturated rings. The number of nitrogens with one attached hydrogen (secondary N) is 1. The van der Waals surface area contributed by atoms with Gasteiger partial charge in [0.1, 0.15) is 11.6 Å². The van der Waals surface area contributed by atoms with Crippen LogP contribution >= 0.6 is 7.75 Å². The van der Waals surface area contributed by atoms with Gasteiger partial charge in [0.25, 0.3) is 0 Å². The molecule has 1 N–H and O–H groups in total. The minimum absolute atomic E-state index is 0.00893. The number of rotatable bonds is 13. The fraction of sp³-hybridized carbons (Fsp3) is 0.297. The molecular formula is C37H34F7N4O6P. The number of alkyl halides is 6. The minimum Gasteiger partial charge on any atom is -0.349 e. The summed E-state index contributed by atoms with van der Waals surface area (Å²) in [4.78, 5) is 17.6. The molecule has 1 unspecified atom stereocenters. The van der Waals surface area contributed by atoms with Crippen LogP contribution in [0.5, 0.6) is 0 Å². The monoisotopic (exact) mass is 794 g/mol. The summed E-state index contributed by atoms with van der Waals surface area (Å²) in [6.45, 7) is 0.855. The molecule has 1 aliphatic rings. The van der Waals surface area contributed by atoms with Gasteiger partial charge in [-0.1, -0.05) is 72.8 Å². The predicted molar refractivity (Wildman–Crippen MR) is 184 cm³/mol. The summed E-state index contributed by atoms with van der Waals surface area (Å²) in [5, 5.41) is 4.28. The van der Waals surface area contributed by atoms with Crippen LogP contribution in [0.1, 0.15) is 58.3 Å². The number of nitrogens with zero attached hydrogens (tertiary/aromatic N) is 3. The van der Waals surface area contributed by atoms with Gasteiger partial charge in [-0.15, -0.1) is 9.55 Å². The van der Waals surface area contributed by atoms with Crippen LogP contribution in [0.2, 0.25) is 0 Å². The van der Waals surface area contributed by atoms with Crippen LogP contribution < -0.4 is 5.69 Å². The Bertz CT molecular complexity index is 2070. The average molecular weight is 795 g/mol. The van der Waals surface area contributed by atoms with Crippen LogP contribution in [-0.2, 0) is 55.2 Å². The van der Waals surface area contributed by atoms with Crippen molar-refractivity contribution in [3.05, 3.63) is 159 Å². The molecule has 0 aliphatic carbocycles. The zero-order valence-electron chi connectivity index (χ0n) is 29.0. The molecular weight excluding hydrogens is 760 g/mol. The van der Waals surface area contributed by atoms with Crippen LogP contribution in [0.3, 0.4) is 0 Å². The number of H-pyrrole nitrogens is 1. The van der Waals surface area contributed by atoms with Gasteiger partial charge < -0.3 is 9.47 Å². The first-order valence-corrected chi connectivity index (χ1v) is 18.3. The van der Waals surface area contributed by atoms with E-state index < -0.39 is 66.7 Å². The van der Waals surface area contributed by atoms with E-state index in [2.05, 4.69) is 10.1 Å². The molecule has 3 atom stereocenters. The maximum absolute atomic E-state index is 14.3. The van der Waals surface area contributed by atoms with Crippen molar-refractivity contribution in [3.8, 4) is 0 Å². The Hall–Kier alpha value is -4.64. The van der Waals surface area contributed by atoms with Gasteiger partial charge in [0, 0.05) is 6.54 Å². The van der Waals surface area contributed by atoms with E-state index in [1.54, 1.807) is 65.6 Å². The van der Waals surface area contributed by atoms with Gasteiger partial charge in [-0.3, -0.25) is 18.9 Å². The third kappa shape index (κ3) is 9.97. The van der Waals surface area contributed by atoms with Crippen LogP contribution in [0.4, 0.5) is 30.7 Å². The number of aromatic amines is 1. The van der Waals surface area contributed by atoms with Gasteiger partial charge in [0.05, 0.1) is 49.6 Å². The fourth-order valence-corrected chi connectivity index (χ4v) is 7.30. The molecule has 1 aliphatic heterocycles. The Labute approximate surface area is 310 Å². The van der Waals surface area contributed by atoms with E-state index in [1.165, 1.54) is 19.1 Å². The number of hydrogen-bond donors (Lipinski definition) is 1. The van der Waals surface area contributed by atoms with Gasteiger partial charge in [-0.25, -0.2) is 13.8 Å². The lowest BCUT2D eigenvalue weighted by atomic mass is 10.0. The zero-order valence-corrected chi connectivity index (χ0v) is 29.9. The number of ether oxygens (including phenoxy) is 2.